The number of aliphatic carboxylic acids is 1. The van der Waals surface area contributed by atoms with Gasteiger partial charge >= 0.3 is 12.0 Å². The van der Waals surface area contributed by atoms with Gasteiger partial charge in [0.05, 0.1) is 0 Å². The fourth-order valence-corrected chi connectivity index (χ4v) is 2.43. The zero-order chi connectivity index (χ0) is 14.5. The molecule has 5 nitrogen and oxygen atoms in total. The third-order valence-corrected chi connectivity index (χ3v) is 4.20. The van der Waals surface area contributed by atoms with E-state index in [0.717, 1.165) is 6.42 Å². The number of carboxylic acids is 1. The summed E-state index contributed by atoms with van der Waals surface area (Å²) in [5, 5.41) is 14.4. The Labute approximate surface area is 115 Å². The molecule has 1 rings (SSSR count). The number of carbonyl (C=O) groups is 2. The van der Waals surface area contributed by atoms with Crippen molar-refractivity contribution in [3.8, 4) is 0 Å². The monoisotopic (exact) mass is 270 g/mol. The fourth-order valence-electron chi connectivity index (χ4n) is 2.43. The first-order chi connectivity index (χ1) is 8.79. The van der Waals surface area contributed by atoms with Crippen molar-refractivity contribution in [3.63, 3.8) is 0 Å². The number of nitrogens with one attached hydrogen (secondary N) is 2. The smallest absolute Gasteiger partial charge is 0.315 e. The fraction of sp³-hybridized carbons (Fsp3) is 0.857. The summed E-state index contributed by atoms with van der Waals surface area (Å²) in [6, 6.07) is -0.199. The van der Waals surface area contributed by atoms with E-state index in [9.17, 15) is 9.59 Å². The van der Waals surface area contributed by atoms with Gasteiger partial charge in [0.15, 0.2) is 0 Å². The van der Waals surface area contributed by atoms with Crippen LogP contribution in [0, 0.1) is 5.41 Å². The first kappa shape index (κ1) is 15.8. The summed E-state index contributed by atoms with van der Waals surface area (Å²) < 4.78 is 0. The highest BCUT2D eigenvalue weighted by Gasteiger charge is 2.35. The lowest BCUT2D eigenvalue weighted by atomic mass is 9.67. The Morgan fingerprint density at radius 2 is 1.95 bits per heavy atom. The molecule has 0 unspecified atom stereocenters. The molecule has 1 saturated carbocycles. The molecule has 0 aliphatic heterocycles. The maximum Gasteiger partial charge on any atom is 0.315 e. The Morgan fingerprint density at radius 1 is 1.32 bits per heavy atom. The molecule has 0 radical (unpaired) electrons. The van der Waals surface area contributed by atoms with Crippen LogP contribution in [0.5, 0.6) is 0 Å². The van der Waals surface area contributed by atoms with E-state index < -0.39 is 11.5 Å². The number of carbonyl (C=O) groups excluding carboxylic acids is 1. The van der Waals surface area contributed by atoms with Gasteiger partial charge < -0.3 is 15.7 Å². The molecule has 1 fully saturated rings. The highest BCUT2D eigenvalue weighted by molar-refractivity contribution is 5.75. The van der Waals surface area contributed by atoms with Crippen molar-refractivity contribution in [2.24, 2.45) is 5.41 Å². The van der Waals surface area contributed by atoms with Crippen molar-refractivity contribution in [2.45, 2.75) is 64.8 Å². The molecule has 1 aliphatic carbocycles. The molecule has 0 heterocycles. The minimum atomic E-state index is -0.838. The minimum absolute atomic E-state index is 0.0617. The molecule has 110 valence electrons. The molecule has 3 N–H and O–H groups in total. The Hall–Kier alpha value is -1.26. The highest BCUT2D eigenvalue weighted by atomic mass is 16.4. The summed E-state index contributed by atoms with van der Waals surface area (Å²) in [5.41, 5.74) is -0.204. The second-order valence-corrected chi connectivity index (χ2v) is 6.29. The van der Waals surface area contributed by atoms with E-state index in [1.165, 1.54) is 19.3 Å². The van der Waals surface area contributed by atoms with Crippen LogP contribution >= 0.6 is 0 Å². The minimum Gasteiger partial charge on any atom is -0.481 e. The average Bonchev–Trinajstić information content (AvgIpc) is 2.25. The first-order valence-electron chi connectivity index (χ1n) is 7.06. The Kier molecular flexibility index (Phi) is 5.20. The second kappa shape index (κ2) is 6.26. The SMILES string of the molecule is CCC1(CNC(=O)NC(C)(C)CCC(=O)O)CCC1. The van der Waals surface area contributed by atoms with Crippen LogP contribution in [0.15, 0.2) is 0 Å². The number of urea groups is 1. The molecule has 2 amide bonds. The molecule has 1 aliphatic rings. The second-order valence-electron chi connectivity index (χ2n) is 6.29. The van der Waals surface area contributed by atoms with Crippen molar-refractivity contribution < 1.29 is 14.7 Å². The number of hydrogen-bond donors (Lipinski definition) is 3. The van der Waals surface area contributed by atoms with Gasteiger partial charge in [-0.15, -0.1) is 0 Å². The Balaban J connectivity index is 2.31. The molecule has 0 bridgehead atoms. The molecule has 0 spiro atoms. The van der Waals surface area contributed by atoms with Gasteiger partial charge in [0, 0.05) is 18.5 Å². The maximum atomic E-state index is 11.8. The molecule has 0 aromatic carbocycles. The van der Waals surface area contributed by atoms with E-state index in [-0.39, 0.29) is 12.5 Å². The van der Waals surface area contributed by atoms with Crippen molar-refractivity contribution in [3.05, 3.63) is 0 Å². The summed E-state index contributed by atoms with van der Waals surface area (Å²) in [6.45, 7) is 6.56. The van der Waals surface area contributed by atoms with Crippen LogP contribution < -0.4 is 10.6 Å². The van der Waals surface area contributed by atoms with Crippen molar-refractivity contribution in [2.75, 3.05) is 6.54 Å². The molecule has 0 aromatic rings. The summed E-state index contributed by atoms with van der Waals surface area (Å²) in [6.07, 6.45) is 5.20. The van der Waals surface area contributed by atoms with E-state index in [1.807, 2.05) is 13.8 Å². The Bertz CT molecular complexity index is 330. The average molecular weight is 270 g/mol. The number of rotatable bonds is 7. The lowest BCUT2D eigenvalue weighted by Gasteiger charge is -2.41. The van der Waals surface area contributed by atoms with Gasteiger partial charge in [-0.1, -0.05) is 13.3 Å². The van der Waals surface area contributed by atoms with Crippen LogP contribution in [0.25, 0.3) is 0 Å². The van der Waals surface area contributed by atoms with Crippen LogP contribution in [-0.2, 0) is 4.79 Å². The van der Waals surface area contributed by atoms with Crippen LogP contribution in [0.2, 0.25) is 0 Å². The third kappa shape index (κ3) is 5.09. The number of hydrogen-bond acceptors (Lipinski definition) is 2. The van der Waals surface area contributed by atoms with E-state index in [0.29, 0.717) is 18.4 Å². The predicted octanol–water partition coefficient (Wildman–Crippen LogP) is 2.51. The molecule has 5 heteroatoms. The zero-order valence-corrected chi connectivity index (χ0v) is 12.2. The summed E-state index contributed by atoms with van der Waals surface area (Å²) in [7, 11) is 0. The van der Waals surface area contributed by atoms with Gasteiger partial charge in [0.1, 0.15) is 0 Å². The van der Waals surface area contributed by atoms with Gasteiger partial charge in [-0.05, 0) is 44.9 Å². The molecular formula is C14H26N2O3. The van der Waals surface area contributed by atoms with Crippen molar-refractivity contribution >= 4 is 12.0 Å². The summed E-state index contributed by atoms with van der Waals surface area (Å²) >= 11 is 0. The first-order valence-corrected chi connectivity index (χ1v) is 7.06. The van der Waals surface area contributed by atoms with Gasteiger partial charge in [-0.3, -0.25) is 4.79 Å². The van der Waals surface area contributed by atoms with Crippen molar-refractivity contribution in [1.29, 1.82) is 0 Å². The lowest BCUT2D eigenvalue weighted by Crippen LogP contribution is -2.51. The lowest BCUT2D eigenvalue weighted by molar-refractivity contribution is -0.137. The van der Waals surface area contributed by atoms with E-state index in [2.05, 4.69) is 17.6 Å². The predicted molar refractivity (Wildman–Crippen MR) is 74.1 cm³/mol. The molecule has 0 atom stereocenters. The number of amides is 2. The van der Waals surface area contributed by atoms with E-state index in [1.54, 1.807) is 0 Å². The van der Waals surface area contributed by atoms with Crippen LogP contribution in [0.4, 0.5) is 4.79 Å². The van der Waals surface area contributed by atoms with Gasteiger partial charge in [0.25, 0.3) is 0 Å². The van der Waals surface area contributed by atoms with Gasteiger partial charge in [-0.2, -0.15) is 0 Å². The van der Waals surface area contributed by atoms with E-state index >= 15 is 0 Å². The summed E-state index contributed by atoms with van der Waals surface area (Å²) in [5.74, 6) is -0.838. The van der Waals surface area contributed by atoms with Crippen LogP contribution in [-0.4, -0.2) is 29.2 Å². The highest BCUT2D eigenvalue weighted by Crippen LogP contribution is 2.42. The normalized spacial score (nSPS) is 17.4. The quantitative estimate of drug-likeness (QED) is 0.665. The molecule has 0 aromatic heterocycles. The number of carboxylic acid groups (broad SMARTS) is 1. The van der Waals surface area contributed by atoms with Crippen LogP contribution in [0.3, 0.4) is 0 Å². The topological polar surface area (TPSA) is 78.4 Å². The largest absolute Gasteiger partial charge is 0.481 e. The standard InChI is InChI=1S/C14H26N2O3/c1-4-14(7-5-8-14)10-15-12(19)16-13(2,3)9-6-11(17)18/h4-10H2,1-3H3,(H,17,18)(H2,15,16,19). The zero-order valence-electron chi connectivity index (χ0n) is 12.2. The summed E-state index contributed by atoms with van der Waals surface area (Å²) in [4.78, 5) is 22.4. The van der Waals surface area contributed by atoms with Crippen LogP contribution in [0.1, 0.15) is 59.3 Å². The van der Waals surface area contributed by atoms with Gasteiger partial charge in [0.2, 0.25) is 0 Å². The molecule has 0 saturated heterocycles. The molecule has 19 heavy (non-hydrogen) atoms. The third-order valence-electron chi connectivity index (χ3n) is 4.20. The van der Waals surface area contributed by atoms with E-state index in [4.69, 9.17) is 5.11 Å². The van der Waals surface area contributed by atoms with Crippen molar-refractivity contribution in [1.82, 2.24) is 10.6 Å². The van der Waals surface area contributed by atoms with Gasteiger partial charge in [-0.25, -0.2) is 4.79 Å². The molecular weight excluding hydrogens is 244 g/mol. The maximum absolute atomic E-state index is 11.8. The Morgan fingerprint density at radius 3 is 2.37 bits per heavy atom.